The minimum Gasteiger partial charge on any atom is -0.493 e. The molecule has 4 rings (SSSR count). The Morgan fingerprint density at radius 3 is 1.89 bits per heavy atom. The highest BCUT2D eigenvalue weighted by atomic mass is 16.5. The largest absolute Gasteiger partial charge is 0.493 e. The molecule has 2 heterocycles. The molecule has 1 fully saturated rings. The Balaban J connectivity index is 1.42. The Morgan fingerprint density at radius 1 is 0.757 bits per heavy atom. The van der Waals surface area contributed by atoms with Crippen LogP contribution in [0.15, 0.2) is 24.3 Å². The normalized spacial score (nSPS) is 17.2. The highest BCUT2D eigenvalue weighted by Crippen LogP contribution is 2.39. The van der Waals surface area contributed by atoms with Gasteiger partial charge < -0.3 is 38.2 Å². The molecule has 0 bridgehead atoms. The maximum atomic E-state index is 13.4. The van der Waals surface area contributed by atoms with Crippen LogP contribution in [0.1, 0.15) is 22.3 Å². The van der Waals surface area contributed by atoms with Gasteiger partial charge in [0.15, 0.2) is 23.0 Å². The SMILES string of the molecule is COc1cc2c(cc1OC)OCCC(C(=O)N1CCN(C(=O)c3cc(OC)c(OC)c(OC)c3)CC1)C2. The fourth-order valence-electron chi connectivity index (χ4n) is 4.86. The molecule has 1 atom stereocenters. The minimum atomic E-state index is -0.211. The van der Waals surface area contributed by atoms with E-state index in [0.29, 0.717) is 85.7 Å². The minimum absolute atomic E-state index is 0.0751. The van der Waals surface area contributed by atoms with E-state index in [1.54, 1.807) is 31.3 Å². The van der Waals surface area contributed by atoms with Gasteiger partial charge in [-0.2, -0.15) is 0 Å². The highest BCUT2D eigenvalue weighted by Gasteiger charge is 2.32. The molecule has 2 aliphatic rings. The number of rotatable bonds is 7. The van der Waals surface area contributed by atoms with Gasteiger partial charge in [0.2, 0.25) is 11.7 Å². The molecule has 2 amide bonds. The lowest BCUT2D eigenvalue weighted by Crippen LogP contribution is -2.52. The van der Waals surface area contributed by atoms with Crippen LogP contribution in [0.2, 0.25) is 0 Å². The molecular formula is C27H34N2O8. The lowest BCUT2D eigenvalue weighted by Gasteiger charge is -2.36. The topological polar surface area (TPSA) is 96.0 Å². The maximum absolute atomic E-state index is 13.4. The van der Waals surface area contributed by atoms with Crippen LogP contribution in [0.3, 0.4) is 0 Å². The molecule has 2 aliphatic heterocycles. The molecule has 1 saturated heterocycles. The van der Waals surface area contributed by atoms with Crippen molar-refractivity contribution in [1.29, 1.82) is 0 Å². The van der Waals surface area contributed by atoms with E-state index >= 15 is 0 Å². The van der Waals surface area contributed by atoms with Crippen LogP contribution < -0.4 is 28.4 Å². The van der Waals surface area contributed by atoms with Gasteiger partial charge in [0.05, 0.1) is 42.2 Å². The molecule has 0 radical (unpaired) electrons. The summed E-state index contributed by atoms with van der Waals surface area (Å²) < 4.78 is 32.8. The molecule has 0 N–H and O–H groups in total. The molecule has 0 saturated carbocycles. The van der Waals surface area contributed by atoms with Gasteiger partial charge in [-0.15, -0.1) is 0 Å². The fourth-order valence-corrected chi connectivity index (χ4v) is 4.86. The number of carbonyl (C=O) groups excluding carboxylic acids is 2. The predicted molar refractivity (Wildman–Crippen MR) is 135 cm³/mol. The van der Waals surface area contributed by atoms with Gasteiger partial charge in [-0.1, -0.05) is 0 Å². The van der Waals surface area contributed by atoms with Crippen molar-refractivity contribution in [3.05, 3.63) is 35.4 Å². The molecule has 2 aromatic rings. The van der Waals surface area contributed by atoms with Gasteiger partial charge in [-0.3, -0.25) is 9.59 Å². The zero-order chi connectivity index (χ0) is 26.5. The number of ether oxygens (including phenoxy) is 6. The van der Waals surface area contributed by atoms with Gasteiger partial charge in [0.1, 0.15) is 5.75 Å². The lowest BCUT2D eigenvalue weighted by atomic mass is 9.95. The zero-order valence-electron chi connectivity index (χ0n) is 22.0. The second kappa shape index (κ2) is 11.5. The third-order valence-corrected chi connectivity index (χ3v) is 6.90. The molecule has 1 unspecified atom stereocenters. The second-order valence-electron chi connectivity index (χ2n) is 8.88. The number of carbonyl (C=O) groups is 2. The van der Waals surface area contributed by atoms with Crippen LogP contribution in [-0.4, -0.2) is 89.9 Å². The second-order valence-corrected chi connectivity index (χ2v) is 8.88. The summed E-state index contributed by atoms with van der Waals surface area (Å²) in [5.74, 6) is 2.91. The van der Waals surface area contributed by atoms with E-state index < -0.39 is 0 Å². The van der Waals surface area contributed by atoms with E-state index in [0.717, 1.165) is 5.56 Å². The molecule has 0 spiro atoms. The summed E-state index contributed by atoms with van der Waals surface area (Å²) in [6.07, 6.45) is 1.17. The number of nitrogens with zero attached hydrogens (tertiary/aromatic N) is 2. The van der Waals surface area contributed by atoms with Crippen molar-refractivity contribution in [2.24, 2.45) is 5.92 Å². The number of fused-ring (bicyclic) bond motifs is 1. The average molecular weight is 515 g/mol. The van der Waals surface area contributed by atoms with Crippen molar-refractivity contribution in [3.63, 3.8) is 0 Å². The summed E-state index contributed by atoms with van der Waals surface area (Å²) in [6.45, 7) is 2.24. The average Bonchev–Trinajstić information content (AvgIpc) is 3.16. The van der Waals surface area contributed by atoms with E-state index in [9.17, 15) is 9.59 Å². The van der Waals surface area contributed by atoms with Crippen molar-refractivity contribution in [1.82, 2.24) is 9.80 Å². The Morgan fingerprint density at radius 2 is 1.32 bits per heavy atom. The summed E-state index contributed by atoms with van der Waals surface area (Å²) in [6, 6.07) is 6.99. The fraction of sp³-hybridized carbons (Fsp3) is 0.481. The van der Waals surface area contributed by atoms with Crippen LogP contribution >= 0.6 is 0 Å². The number of hydrogen-bond donors (Lipinski definition) is 0. The van der Waals surface area contributed by atoms with Crippen LogP contribution in [0.4, 0.5) is 0 Å². The summed E-state index contributed by atoms with van der Waals surface area (Å²) in [4.78, 5) is 30.3. The first-order valence-corrected chi connectivity index (χ1v) is 12.2. The first-order valence-electron chi connectivity index (χ1n) is 12.2. The van der Waals surface area contributed by atoms with Gasteiger partial charge in [0.25, 0.3) is 5.91 Å². The van der Waals surface area contributed by atoms with E-state index in [-0.39, 0.29) is 17.7 Å². The van der Waals surface area contributed by atoms with Crippen LogP contribution in [0.25, 0.3) is 0 Å². The first kappa shape index (κ1) is 26.2. The molecular weight excluding hydrogens is 480 g/mol. The molecule has 37 heavy (non-hydrogen) atoms. The molecule has 10 nitrogen and oxygen atoms in total. The van der Waals surface area contributed by atoms with Gasteiger partial charge >= 0.3 is 0 Å². The first-order chi connectivity index (χ1) is 17.9. The predicted octanol–water partition coefficient (Wildman–Crippen LogP) is 2.66. The Bertz CT molecular complexity index is 1120. The van der Waals surface area contributed by atoms with Gasteiger partial charge in [-0.05, 0) is 36.6 Å². The summed E-state index contributed by atoms with van der Waals surface area (Å²) in [5.41, 5.74) is 1.36. The number of methoxy groups -OCH3 is 5. The molecule has 0 aliphatic carbocycles. The van der Waals surface area contributed by atoms with Crippen molar-refractivity contribution < 1.29 is 38.0 Å². The van der Waals surface area contributed by atoms with Crippen molar-refractivity contribution in [3.8, 4) is 34.5 Å². The van der Waals surface area contributed by atoms with Gasteiger partial charge in [-0.25, -0.2) is 0 Å². The summed E-state index contributed by atoms with van der Waals surface area (Å²) in [5, 5.41) is 0. The molecule has 10 heteroatoms. The third-order valence-electron chi connectivity index (χ3n) is 6.90. The summed E-state index contributed by atoms with van der Waals surface area (Å²) in [7, 11) is 7.71. The number of benzene rings is 2. The Kier molecular flexibility index (Phi) is 8.15. The monoisotopic (exact) mass is 514 g/mol. The molecule has 2 aromatic carbocycles. The van der Waals surface area contributed by atoms with Crippen molar-refractivity contribution >= 4 is 11.8 Å². The zero-order valence-corrected chi connectivity index (χ0v) is 22.0. The third kappa shape index (κ3) is 5.33. The van der Waals surface area contributed by atoms with Crippen molar-refractivity contribution in [2.75, 3.05) is 68.3 Å². The summed E-state index contributed by atoms with van der Waals surface area (Å²) >= 11 is 0. The molecule has 200 valence electrons. The number of amides is 2. The van der Waals surface area contributed by atoms with Crippen molar-refractivity contribution in [2.45, 2.75) is 12.8 Å². The van der Waals surface area contributed by atoms with E-state index in [4.69, 9.17) is 28.4 Å². The number of piperazine rings is 1. The smallest absolute Gasteiger partial charge is 0.254 e. The quantitative estimate of drug-likeness (QED) is 0.557. The van der Waals surface area contributed by atoms with Crippen LogP contribution in [0.5, 0.6) is 34.5 Å². The van der Waals surface area contributed by atoms with Crippen LogP contribution in [0, 0.1) is 5.92 Å². The maximum Gasteiger partial charge on any atom is 0.254 e. The molecule has 0 aromatic heterocycles. The Labute approximate surface area is 216 Å². The lowest BCUT2D eigenvalue weighted by molar-refractivity contribution is -0.137. The van der Waals surface area contributed by atoms with Crippen LogP contribution in [-0.2, 0) is 11.2 Å². The number of hydrogen-bond acceptors (Lipinski definition) is 8. The van der Waals surface area contributed by atoms with E-state index in [1.165, 1.54) is 21.3 Å². The van der Waals surface area contributed by atoms with Gasteiger partial charge in [0, 0.05) is 43.7 Å². The Hall–Kier alpha value is -3.82. The van der Waals surface area contributed by atoms with E-state index in [2.05, 4.69) is 0 Å². The standard InChI is InChI=1S/C27H34N2O8/c1-32-21-13-18-12-17(6-11-37-20(18)16-22(21)33-2)26(30)28-7-9-29(10-8-28)27(31)19-14-23(34-3)25(36-5)24(15-19)35-4/h13-17H,6-12H2,1-5H3. The highest BCUT2D eigenvalue weighted by molar-refractivity contribution is 5.96. The van der Waals surface area contributed by atoms with E-state index in [1.807, 2.05) is 17.0 Å².